The summed E-state index contributed by atoms with van der Waals surface area (Å²) in [6.45, 7) is 4.59. The molecule has 0 aromatic rings. The van der Waals surface area contributed by atoms with Gasteiger partial charge >= 0.3 is 5.97 Å². The maximum atomic E-state index is 12.0. The molecule has 1 amide bonds. The number of nitrogens with one attached hydrogen (secondary N) is 1. The second-order valence-electron chi connectivity index (χ2n) is 12.8. The topological polar surface area (TPSA) is 75.6 Å². The lowest BCUT2D eigenvalue weighted by atomic mass is 10.1. The second-order valence-corrected chi connectivity index (χ2v) is 12.8. The number of unbranched alkanes of at least 4 members (excludes halogenated alkanes) is 22. The monoisotopic (exact) mass is 620 g/mol. The Hall–Kier alpha value is -1.62. The van der Waals surface area contributed by atoms with E-state index in [1.54, 1.807) is 0 Å². The lowest BCUT2D eigenvalue weighted by Crippen LogP contribution is -2.35. The molecule has 0 aromatic carbocycles. The molecule has 0 aliphatic rings. The normalized spacial score (nSPS) is 12.3. The number of aliphatic hydroxyl groups is 1. The third kappa shape index (κ3) is 34.9. The van der Waals surface area contributed by atoms with Gasteiger partial charge < -0.3 is 15.2 Å². The van der Waals surface area contributed by atoms with Gasteiger partial charge in [0.05, 0.1) is 0 Å². The Balaban J connectivity index is 3.45. The fraction of sp³-hybridized carbons (Fsp3) is 0.846. The van der Waals surface area contributed by atoms with Gasteiger partial charge in [-0.3, -0.25) is 9.59 Å². The van der Waals surface area contributed by atoms with Crippen LogP contribution in [0.1, 0.15) is 194 Å². The van der Waals surface area contributed by atoms with Crippen LogP contribution in [0.4, 0.5) is 0 Å². The largest absolute Gasteiger partial charge is 0.463 e. The molecule has 0 spiro atoms. The van der Waals surface area contributed by atoms with Gasteiger partial charge in [0.25, 0.3) is 0 Å². The number of carbonyl (C=O) groups is 2. The van der Waals surface area contributed by atoms with Crippen molar-refractivity contribution in [3.8, 4) is 0 Å². The molecule has 0 aliphatic carbocycles. The predicted molar refractivity (Wildman–Crippen MR) is 189 cm³/mol. The van der Waals surface area contributed by atoms with E-state index in [1.807, 2.05) is 0 Å². The average molecular weight is 620 g/mol. The maximum absolute atomic E-state index is 12.0. The van der Waals surface area contributed by atoms with Crippen LogP contribution in [0.5, 0.6) is 0 Å². The minimum Gasteiger partial charge on any atom is -0.463 e. The van der Waals surface area contributed by atoms with Crippen molar-refractivity contribution in [2.24, 2.45) is 0 Å². The van der Waals surface area contributed by atoms with E-state index in [-0.39, 0.29) is 25.0 Å². The van der Waals surface area contributed by atoms with Crippen molar-refractivity contribution in [2.45, 2.75) is 200 Å². The Labute approximate surface area is 273 Å². The summed E-state index contributed by atoms with van der Waals surface area (Å²) in [6, 6.07) is 0. The van der Waals surface area contributed by atoms with Crippen LogP contribution in [0.15, 0.2) is 24.3 Å². The fourth-order valence-corrected chi connectivity index (χ4v) is 5.34. The molecule has 0 saturated heterocycles. The van der Waals surface area contributed by atoms with Gasteiger partial charge in [0.1, 0.15) is 12.7 Å². The minimum absolute atomic E-state index is 0.0405. The summed E-state index contributed by atoms with van der Waals surface area (Å²) in [5, 5.41) is 12.8. The zero-order valence-corrected chi connectivity index (χ0v) is 29.3. The number of allylic oxidation sites excluding steroid dienone is 4. The first-order chi connectivity index (χ1) is 21.6. The number of amides is 1. The van der Waals surface area contributed by atoms with Gasteiger partial charge in [0, 0.05) is 19.4 Å². The van der Waals surface area contributed by atoms with Gasteiger partial charge in [-0.25, -0.2) is 0 Å². The van der Waals surface area contributed by atoms with Crippen LogP contribution in [-0.4, -0.2) is 36.2 Å². The summed E-state index contributed by atoms with van der Waals surface area (Å²) >= 11 is 0. The van der Waals surface area contributed by atoms with Gasteiger partial charge in [-0.1, -0.05) is 141 Å². The third-order valence-corrected chi connectivity index (χ3v) is 8.28. The van der Waals surface area contributed by atoms with Crippen LogP contribution in [0.25, 0.3) is 0 Å². The number of rotatable bonds is 34. The summed E-state index contributed by atoms with van der Waals surface area (Å²) in [6.07, 6.45) is 41.4. The predicted octanol–water partition coefficient (Wildman–Crippen LogP) is 11.1. The first-order valence-electron chi connectivity index (χ1n) is 19.0. The summed E-state index contributed by atoms with van der Waals surface area (Å²) in [5.41, 5.74) is 0. The third-order valence-electron chi connectivity index (χ3n) is 8.28. The highest BCUT2D eigenvalue weighted by Crippen LogP contribution is 2.12. The van der Waals surface area contributed by atoms with Crippen molar-refractivity contribution >= 4 is 11.9 Å². The van der Waals surface area contributed by atoms with E-state index >= 15 is 0 Å². The van der Waals surface area contributed by atoms with Crippen LogP contribution < -0.4 is 5.32 Å². The molecule has 0 rings (SSSR count). The number of ether oxygens (including phenoxy) is 1. The molecule has 44 heavy (non-hydrogen) atoms. The quantitative estimate of drug-likeness (QED) is 0.0427. The van der Waals surface area contributed by atoms with E-state index in [0.717, 1.165) is 51.4 Å². The molecule has 0 aromatic heterocycles. The number of hydrogen-bond donors (Lipinski definition) is 2. The lowest BCUT2D eigenvalue weighted by Gasteiger charge is -2.12. The van der Waals surface area contributed by atoms with Crippen LogP contribution in [0.3, 0.4) is 0 Å². The molecule has 1 atom stereocenters. The molecular weight excluding hydrogens is 546 g/mol. The van der Waals surface area contributed by atoms with E-state index in [9.17, 15) is 14.7 Å². The average Bonchev–Trinajstić information content (AvgIpc) is 3.02. The summed E-state index contributed by atoms with van der Waals surface area (Å²) in [4.78, 5) is 24.0. The van der Waals surface area contributed by atoms with Gasteiger partial charge in [-0.05, 0) is 64.2 Å². The van der Waals surface area contributed by atoms with Crippen molar-refractivity contribution in [1.29, 1.82) is 0 Å². The SMILES string of the molecule is CCCCCCCC/C=C\CCCCCCCC(=O)NCC(O)COC(=O)CCCCCCC/C=C\CCCCCCCC. The number of esters is 1. The molecule has 0 saturated carbocycles. The molecule has 5 heteroatoms. The Morgan fingerprint density at radius 2 is 0.909 bits per heavy atom. The van der Waals surface area contributed by atoms with E-state index in [1.165, 1.54) is 116 Å². The van der Waals surface area contributed by atoms with Crippen molar-refractivity contribution in [2.75, 3.05) is 13.2 Å². The molecule has 5 nitrogen and oxygen atoms in total. The first kappa shape index (κ1) is 42.4. The van der Waals surface area contributed by atoms with Crippen molar-refractivity contribution in [3.05, 3.63) is 24.3 Å². The first-order valence-corrected chi connectivity index (χ1v) is 19.0. The fourth-order valence-electron chi connectivity index (χ4n) is 5.34. The highest BCUT2D eigenvalue weighted by Gasteiger charge is 2.10. The van der Waals surface area contributed by atoms with Crippen LogP contribution in [0.2, 0.25) is 0 Å². The van der Waals surface area contributed by atoms with Crippen LogP contribution in [-0.2, 0) is 14.3 Å². The summed E-state index contributed by atoms with van der Waals surface area (Å²) < 4.78 is 5.19. The van der Waals surface area contributed by atoms with E-state index < -0.39 is 6.10 Å². The van der Waals surface area contributed by atoms with E-state index in [2.05, 4.69) is 43.5 Å². The smallest absolute Gasteiger partial charge is 0.305 e. The van der Waals surface area contributed by atoms with Gasteiger partial charge in [-0.15, -0.1) is 0 Å². The highest BCUT2D eigenvalue weighted by atomic mass is 16.5. The summed E-state index contributed by atoms with van der Waals surface area (Å²) in [5.74, 6) is -0.303. The van der Waals surface area contributed by atoms with Crippen molar-refractivity contribution < 1.29 is 19.4 Å². The molecule has 0 heterocycles. The van der Waals surface area contributed by atoms with Crippen molar-refractivity contribution in [1.82, 2.24) is 5.32 Å². The molecule has 2 N–H and O–H groups in total. The lowest BCUT2D eigenvalue weighted by molar-refractivity contribution is -0.146. The van der Waals surface area contributed by atoms with Gasteiger partial charge in [-0.2, -0.15) is 0 Å². The minimum atomic E-state index is -0.855. The van der Waals surface area contributed by atoms with Gasteiger partial charge in [0.15, 0.2) is 0 Å². The highest BCUT2D eigenvalue weighted by molar-refractivity contribution is 5.75. The standard InChI is InChI=1S/C39H73NO4/c1-3-5-7-9-11-13-15-17-19-21-23-25-27-29-31-33-38(42)40-35-37(41)36-44-39(43)34-32-30-28-26-24-22-20-18-16-14-12-10-8-6-4-2/h17-20,37,41H,3-16,21-36H2,1-2H3,(H,40,42)/b19-17-,20-18-. The van der Waals surface area contributed by atoms with E-state index in [0.29, 0.717) is 12.8 Å². The summed E-state index contributed by atoms with van der Waals surface area (Å²) in [7, 11) is 0. The van der Waals surface area contributed by atoms with Crippen LogP contribution >= 0.6 is 0 Å². The number of aliphatic hydroxyl groups excluding tert-OH is 1. The molecule has 0 radical (unpaired) electrons. The Morgan fingerprint density at radius 3 is 1.34 bits per heavy atom. The molecule has 0 aliphatic heterocycles. The van der Waals surface area contributed by atoms with E-state index in [4.69, 9.17) is 4.74 Å². The molecular formula is C39H73NO4. The second kappa shape index (κ2) is 35.9. The van der Waals surface area contributed by atoms with Crippen molar-refractivity contribution in [3.63, 3.8) is 0 Å². The molecule has 258 valence electrons. The molecule has 0 fully saturated rings. The Morgan fingerprint density at radius 1 is 0.545 bits per heavy atom. The number of carbonyl (C=O) groups excluding carboxylic acids is 2. The zero-order chi connectivity index (χ0) is 32.2. The van der Waals surface area contributed by atoms with Gasteiger partial charge in [0.2, 0.25) is 5.91 Å². The number of hydrogen-bond acceptors (Lipinski definition) is 4. The van der Waals surface area contributed by atoms with Crippen LogP contribution in [0, 0.1) is 0 Å². The molecule has 0 bridgehead atoms. The molecule has 1 unspecified atom stereocenters. The maximum Gasteiger partial charge on any atom is 0.305 e. The Bertz CT molecular complexity index is 619. The Kier molecular flexibility index (Phi) is 34.5. The zero-order valence-electron chi connectivity index (χ0n) is 29.3.